The number of ether oxygens (including phenoxy) is 1. The van der Waals surface area contributed by atoms with Crippen molar-refractivity contribution in [2.75, 3.05) is 36.5 Å². The van der Waals surface area contributed by atoms with Crippen molar-refractivity contribution in [1.82, 2.24) is 0 Å². The molecule has 0 bridgehead atoms. The van der Waals surface area contributed by atoms with Gasteiger partial charge < -0.3 is 15.0 Å². The lowest BCUT2D eigenvalue weighted by Crippen LogP contribution is -2.36. The first-order valence-electron chi connectivity index (χ1n) is 8.39. The number of nitro groups is 1. The molecule has 1 heterocycles. The molecule has 8 heteroatoms. The largest absolute Gasteiger partial charge is 0.378 e. The molecule has 1 aliphatic rings. The van der Waals surface area contributed by atoms with Gasteiger partial charge in [0.1, 0.15) is 0 Å². The van der Waals surface area contributed by atoms with E-state index < -0.39 is 4.92 Å². The van der Waals surface area contributed by atoms with Crippen molar-refractivity contribution in [3.05, 3.63) is 68.7 Å². The maximum atomic E-state index is 12.1. The number of amides is 1. The molecule has 1 saturated heterocycles. The summed E-state index contributed by atoms with van der Waals surface area (Å²) in [7, 11) is 0. The Bertz CT molecular complexity index is 879. The van der Waals surface area contributed by atoms with Gasteiger partial charge in [-0.1, -0.05) is 12.1 Å². The molecular weight excluding hydrogens is 414 g/mol. The Morgan fingerprint density at radius 1 is 1.22 bits per heavy atom. The average molecular weight is 432 g/mol. The van der Waals surface area contributed by atoms with Crippen LogP contribution in [0.4, 0.5) is 17.1 Å². The van der Waals surface area contributed by atoms with Gasteiger partial charge in [0.15, 0.2) is 0 Å². The van der Waals surface area contributed by atoms with Crippen LogP contribution in [0.5, 0.6) is 0 Å². The minimum atomic E-state index is -0.467. The highest BCUT2D eigenvalue weighted by atomic mass is 79.9. The Kier molecular flexibility index (Phi) is 6.20. The Morgan fingerprint density at radius 3 is 2.70 bits per heavy atom. The first kappa shape index (κ1) is 19.1. The molecule has 1 aliphatic heterocycles. The van der Waals surface area contributed by atoms with Gasteiger partial charge in [-0.15, -0.1) is 0 Å². The number of nitro benzene ring substituents is 1. The monoisotopic (exact) mass is 431 g/mol. The molecule has 0 unspecified atom stereocenters. The molecule has 0 aliphatic carbocycles. The second kappa shape index (κ2) is 8.79. The maximum absolute atomic E-state index is 12.1. The van der Waals surface area contributed by atoms with Crippen LogP contribution in [0.3, 0.4) is 0 Å². The van der Waals surface area contributed by atoms with Crippen molar-refractivity contribution >= 4 is 45.0 Å². The van der Waals surface area contributed by atoms with Crippen LogP contribution < -0.4 is 10.2 Å². The number of nitrogens with zero attached hydrogens (tertiary/aromatic N) is 2. The molecular formula is C19H18BrN3O4. The number of carbonyl (C=O) groups excluding carboxylic acids is 1. The Balaban J connectivity index is 1.64. The molecule has 0 spiro atoms. The van der Waals surface area contributed by atoms with Gasteiger partial charge in [0.05, 0.1) is 23.8 Å². The highest BCUT2D eigenvalue weighted by molar-refractivity contribution is 9.10. The van der Waals surface area contributed by atoms with Gasteiger partial charge in [-0.25, -0.2) is 0 Å². The van der Waals surface area contributed by atoms with Crippen molar-refractivity contribution < 1.29 is 14.5 Å². The van der Waals surface area contributed by atoms with Gasteiger partial charge in [0.2, 0.25) is 5.91 Å². The highest BCUT2D eigenvalue weighted by Gasteiger charge is 2.14. The Morgan fingerprint density at radius 2 is 2.00 bits per heavy atom. The van der Waals surface area contributed by atoms with Crippen molar-refractivity contribution in [2.24, 2.45) is 0 Å². The number of carbonyl (C=O) groups is 1. The van der Waals surface area contributed by atoms with Crippen LogP contribution in [0, 0.1) is 10.1 Å². The number of halogens is 1. The van der Waals surface area contributed by atoms with E-state index in [0.717, 1.165) is 23.2 Å². The van der Waals surface area contributed by atoms with E-state index in [-0.39, 0.29) is 11.6 Å². The number of anilines is 2. The third-order valence-electron chi connectivity index (χ3n) is 4.08. The zero-order valence-electron chi connectivity index (χ0n) is 14.4. The average Bonchev–Trinajstić information content (AvgIpc) is 2.67. The van der Waals surface area contributed by atoms with Gasteiger partial charge in [0, 0.05) is 41.5 Å². The molecule has 1 N–H and O–H groups in total. The van der Waals surface area contributed by atoms with Gasteiger partial charge in [-0.2, -0.15) is 0 Å². The van der Waals surface area contributed by atoms with Crippen LogP contribution in [0.25, 0.3) is 6.08 Å². The molecule has 0 aromatic heterocycles. The number of hydrogen-bond acceptors (Lipinski definition) is 5. The molecule has 2 aromatic carbocycles. The van der Waals surface area contributed by atoms with E-state index in [4.69, 9.17) is 4.74 Å². The molecule has 3 rings (SSSR count). The first-order valence-corrected chi connectivity index (χ1v) is 9.18. The van der Waals surface area contributed by atoms with Crippen LogP contribution in [0.2, 0.25) is 0 Å². The Labute approximate surface area is 164 Å². The lowest BCUT2D eigenvalue weighted by Gasteiger charge is -2.29. The summed E-state index contributed by atoms with van der Waals surface area (Å²) in [5, 5.41) is 13.6. The van der Waals surface area contributed by atoms with Crippen LogP contribution >= 0.6 is 15.9 Å². The van der Waals surface area contributed by atoms with Crippen LogP contribution in [0.1, 0.15) is 5.56 Å². The molecule has 0 atom stereocenters. The smallest absolute Gasteiger partial charge is 0.270 e. The molecule has 2 aromatic rings. The number of nitrogens with one attached hydrogen (secondary N) is 1. The van der Waals surface area contributed by atoms with E-state index in [1.165, 1.54) is 18.2 Å². The molecule has 0 radical (unpaired) electrons. The van der Waals surface area contributed by atoms with Gasteiger partial charge in [-0.3, -0.25) is 14.9 Å². The summed E-state index contributed by atoms with van der Waals surface area (Å²) >= 11 is 3.55. The second-order valence-corrected chi connectivity index (χ2v) is 6.79. The molecule has 140 valence electrons. The quantitative estimate of drug-likeness (QED) is 0.441. The molecule has 1 fully saturated rings. The fraction of sp³-hybridized carbons (Fsp3) is 0.211. The van der Waals surface area contributed by atoms with Gasteiger partial charge >= 0.3 is 0 Å². The molecule has 27 heavy (non-hydrogen) atoms. The lowest BCUT2D eigenvalue weighted by atomic mass is 10.2. The predicted molar refractivity (Wildman–Crippen MR) is 108 cm³/mol. The summed E-state index contributed by atoms with van der Waals surface area (Å²) in [6, 6.07) is 11.7. The normalized spacial score (nSPS) is 14.3. The second-order valence-electron chi connectivity index (χ2n) is 5.94. The standard InChI is InChI=1S/C19H18BrN3O4/c20-17-13-15(5-6-18(17)22-8-10-27-11-9-22)21-19(24)7-4-14-2-1-3-16(12-14)23(25)26/h1-7,12-13H,8-11H2,(H,21,24)/b7-4+. The van der Waals surface area contributed by atoms with Crippen molar-refractivity contribution in [2.45, 2.75) is 0 Å². The summed E-state index contributed by atoms with van der Waals surface area (Å²) in [6.45, 7) is 3.06. The van der Waals surface area contributed by atoms with E-state index >= 15 is 0 Å². The van der Waals surface area contributed by atoms with Gasteiger partial charge in [-0.05, 0) is 45.8 Å². The van der Waals surface area contributed by atoms with E-state index in [1.54, 1.807) is 18.2 Å². The number of non-ortho nitro benzene ring substituents is 1. The van der Waals surface area contributed by atoms with E-state index in [2.05, 4.69) is 26.1 Å². The molecule has 0 saturated carbocycles. The van der Waals surface area contributed by atoms with Crippen molar-refractivity contribution in [3.63, 3.8) is 0 Å². The van der Waals surface area contributed by atoms with Crippen molar-refractivity contribution in [3.8, 4) is 0 Å². The molecule has 1 amide bonds. The fourth-order valence-corrected chi connectivity index (χ4v) is 3.37. The minimum Gasteiger partial charge on any atom is -0.378 e. The van der Waals surface area contributed by atoms with Crippen LogP contribution in [-0.2, 0) is 9.53 Å². The summed E-state index contributed by atoms with van der Waals surface area (Å²) in [6.07, 6.45) is 2.89. The number of hydrogen-bond donors (Lipinski definition) is 1. The summed E-state index contributed by atoms with van der Waals surface area (Å²) in [5.41, 5.74) is 2.29. The summed E-state index contributed by atoms with van der Waals surface area (Å²) in [4.78, 5) is 24.7. The Hall–Kier alpha value is -2.71. The van der Waals surface area contributed by atoms with E-state index in [1.807, 2.05) is 18.2 Å². The highest BCUT2D eigenvalue weighted by Crippen LogP contribution is 2.30. The van der Waals surface area contributed by atoms with Crippen molar-refractivity contribution in [1.29, 1.82) is 0 Å². The zero-order chi connectivity index (χ0) is 19.2. The number of rotatable bonds is 5. The van der Waals surface area contributed by atoms with Crippen LogP contribution in [0.15, 0.2) is 53.0 Å². The third kappa shape index (κ3) is 5.15. The van der Waals surface area contributed by atoms with Gasteiger partial charge in [0.25, 0.3) is 5.69 Å². The summed E-state index contributed by atoms with van der Waals surface area (Å²) in [5.74, 6) is -0.312. The topological polar surface area (TPSA) is 84.7 Å². The zero-order valence-corrected chi connectivity index (χ0v) is 16.0. The number of benzene rings is 2. The SMILES string of the molecule is O=C(/C=C/c1cccc([N+](=O)[O-])c1)Nc1ccc(N2CCOCC2)c(Br)c1. The number of morpholine rings is 1. The third-order valence-corrected chi connectivity index (χ3v) is 4.71. The first-order chi connectivity index (χ1) is 13.0. The minimum absolute atomic E-state index is 0.0137. The fourth-order valence-electron chi connectivity index (χ4n) is 2.74. The predicted octanol–water partition coefficient (Wildman–Crippen LogP) is 3.85. The molecule has 7 nitrogen and oxygen atoms in total. The van der Waals surface area contributed by atoms with E-state index in [9.17, 15) is 14.9 Å². The summed E-state index contributed by atoms with van der Waals surface area (Å²) < 4.78 is 6.26. The van der Waals surface area contributed by atoms with E-state index in [0.29, 0.717) is 24.5 Å². The maximum Gasteiger partial charge on any atom is 0.270 e. The van der Waals surface area contributed by atoms with Crippen LogP contribution in [-0.4, -0.2) is 37.1 Å². The lowest BCUT2D eigenvalue weighted by molar-refractivity contribution is -0.384.